The molecule has 166 valence electrons. The number of ether oxygens (including phenoxy) is 1. The molecule has 0 aliphatic carbocycles. The number of carbonyl (C=O) groups excluding carboxylic acids is 2. The Morgan fingerprint density at radius 3 is 2.50 bits per heavy atom. The summed E-state index contributed by atoms with van der Waals surface area (Å²) in [6.07, 6.45) is 4.46. The Hall–Kier alpha value is -2.04. The van der Waals surface area contributed by atoms with E-state index in [1.807, 2.05) is 0 Å². The molecule has 2 heterocycles. The van der Waals surface area contributed by atoms with Gasteiger partial charge in [0.05, 0.1) is 11.0 Å². The van der Waals surface area contributed by atoms with Crippen LogP contribution in [0.2, 0.25) is 0 Å². The fraction of sp³-hybridized carbons (Fsp3) is 0.600. The van der Waals surface area contributed by atoms with Gasteiger partial charge in [0, 0.05) is 32.3 Å². The lowest BCUT2D eigenvalue weighted by molar-refractivity contribution is -0.139. The molecule has 0 bridgehead atoms. The summed E-state index contributed by atoms with van der Waals surface area (Å²) in [5.41, 5.74) is 0. The number of halogens is 1. The van der Waals surface area contributed by atoms with E-state index in [1.54, 1.807) is 0 Å². The molecule has 10 heteroatoms. The van der Waals surface area contributed by atoms with E-state index in [0.29, 0.717) is 32.5 Å². The van der Waals surface area contributed by atoms with E-state index in [0.717, 1.165) is 37.8 Å². The number of piperidine rings is 1. The minimum Gasteiger partial charge on any atom is -0.376 e. The van der Waals surface area contributed by atoms with Crippen LogP contribution in [0.25, 0.3) is 0 Å². The zero-order chi connectivity index (χ0) is 21.6. The molecule has 1 aromatic rings. The molecule has 2 atom stereocenters. The van der Waals surface area contributed by atoms with Crippen molar-refractivity contribution in [1.82, 2.24) is 14.9 Å². The molecule has 2 saturated heterocycles. The summed E-state index contributed by atoms with van der Waals surface area (Å²) in [4.78, 5) is 23.9. The van der Waals surface area contributed by atoms with Gasteiger partial charge in [0.15, 0.2) is 0 Å². The van der Waals surface area contributed by atoms with Crippen LogP contribution >= 0.6 is 0 Å². The zero-order valence-electron chi connectivity index (χ0n) is 16.8. The van der Waals surface area contributed by atoms with Gasteiger partial charge in [-0.1, -0.05) is 6.42 Å². The summed E-state index contributed by atoms with van der Waals surface area (Å²) in [6, 6.07) is 4.49. The van der Waals surface area contributed by atoms with Gasteiger partial charge in [-0.25, -0.2) is 12.8 Å². The van der Waals surface area contributed by atoms with Crippen LogP contribution in [0.3, 0.4) is 0 Å². The summed E-state index contributed by atoms with van der Waals surface area (Å²) in [7, 11) is -3.75. The van der Waals surface area contributed by atoms with Crippen LogP contribution in [0.5, 0.6) is 0 Å². The molecule has 2 aliphatic rings. The number of rotatable bonds is 7. The van der Waals surface area contributed by atoms with Crippen LogP contribution in [0.4, 0.5) is 4.39 Å². The SMILES string of the molecule is O=C(NCC[C@H]1CCCCN1S(=O)(=O)c1ccc(F)cc1)C(=O)NC[C@H]1CCCO1. The van der Waals surface area contributed by atoms with Crippen molar-refractivity contribution in [2.24, 2.45) is 0 Å². The van der Waals surface area contributed by atoms with Crippen LogP contribution in [-0.2, 0) is 24.3 Å². The first-order chi connectivity index (χ1) is 14.4. The number of sulfonamides is 1. The van der Waals surface area contributed by atoms with Gasteiger partial charge in [-0.05, 0) is 56.4 Å². The summed E-state index contributed by atoms with van der Waals surface area (Å²) in [5, 5.41) is 5.12. The highest BCUT2D eigenvalue weighted by atomic mass is 32.2. The van der Waals surface area contributed by atoms with Crippen LogP contribution in [0.1, 0.15) is 38.5 Å². The second kappa shape index (κ2) is 10.3. The number of benzene rings is 1. The topological polar surface area (TPSA) is 105 Å². The van der Waals surface area contributed by atoms with Gasteiger partial charge in [0.25, 0.3) is 0 Å². The lowest BCUT2D eigenvalue weighted by Gasteiger charge is -2.34. The van der Waals surface area contributed by atoms with Gasteiger partial charge >= 0.3 is 11.8 Å². The largest absolute Gasteiger partial charge is 0.376 e. The van der Waals surface area contributed by atoms with Gasteiger partial charge in [-0.2, -0.15) is 4.31 Å². The lowest BCUT2D eigenvalue weighted by Crippen LogP contribution is -2.47. The normalized spacial score (nSPS) is 22.6. The monoisotopic (exact) mass is 441 g/mol. The highest BCUT2D eigenvalue weighted by molar-refractivity contribution is 7.89. The molecule has 8 nitrogen and oxygen atoms in total. The number of hydrogen-bond donors (Lipinski definition) is 2. The van der Waals surface area contributed by atoms with E-state index in [2.05, 4.69) is 10.6 Å². The molecule has 2 fully saturated rings. The predicted octanol–water partition coefficient (Wildman–Crippen LogP) is 1.17. The van der Waals surface area contributed by atoms with Crippen molar-refractivity contribution < 1.29 is 27.1 Å². The molecule has 2 aliphatic heterocycles. The quantitative estimate of drug-likeness (QED) is 0.618. The fourth-order valence-corrected chi connectivity index (χ4v) is 5.57. The Morgan fingerprint density at radius 1 is 1.07 bits per heavy atom. The van der Waals surface area contributed by atoms with Gasteiger partial charge in [-0.3, -0.25) is 9.59 Å². The number of nitrogens with zero attached hydrogens (tertiary/aromatic N) is 1. The first kappa shape index (κ1) is 22.6. The van der Waals surface area contributed by atoms with Crippen LogP contribution in [-0.4, -0.2) is 62.9 Å². The van der Waals surface area contributed by atoms with E-state index in [4.69, 9.17) is 4.74 Å². The number of carbonyl (C=O) groups is 2. The average Bonchev–Trinajstić information content (AvgIpc) is 3.26. The summed E-state index contributed by atoms with van der Waals surface area (Å²) in [5.74, 6) is -1.95. The van der Waals surface area contributed by atoms with E-state index >= 15 is 0 Å². The van der Waals surface area contributed by atoms with Crippen molar-refractivity contribution in [1.29, 1.82) is 0 Å². The number of amides is 2. The molecule has 2 amide bonds. The first-order valence-corrected chi connectivity index (χ1v) is 11.8. The van der Waals surface area contributed by atoms with Crippen LogP contribution in [0.15, 0.2) is 29.2 Å². The highest BCUT2D eigenvalue weighted by Gasteiger charge is 2.33. The standard InChI is InChI=1S/C20H28FN3O5S/c21-15-6-8-18(9-7-15)30(27,28)24-12-2-1-4-16(24)10-11-22-19(25)20(26)23-14-17-5-3-13-29-17/h6-9,16-17H,1-5,10-14H2,(H,22,25)(H,23,26)/t16-,17-/m1/s1. The molecule has 0 spiro atoms. The van der Waals surface area contributed by atoms with Crippen molar-refractivity contribution in [3.63, 3.8) is 0 Å². The molecule has 0 aromatic heterocycles. The third kappa shape index (κ3) is 5.77. The molecule has 2 N–H and O–H groups in total. The molecular formula is C20H28FN3O5S. The van der Waals surface area contributed by atoms with Crippen molar-refractivity contribution in [3.05, 3.63) is 30.1 Å². The Morgan fingerprint density at radius 2 is 1.80 bits per heavy atom. The Balaban J connectivity index is 1.51. The maximum absolute atomic E-state index is 13.2. The predicted molar refractivity (Wildman–Crippen MR) is 108 cm³/mol. The summed E-state index contributed by atoms with van der Waals surface area (Å²) < 4.78 is 45.9. The van der Waals surface area contributed by atoms with Crippen molar-refractivity contribution in [2.45, 2.75) is 55.6 Å². The Labute approximate surface area is 176 Å². The van der Waals surface area contributed by atoms with Gasteiger partial charge in [-0.15, -0.1) is 0 Å². The Kier molecular flexibility index (Phi) is 7.79. The smallest absolute Gasteiger partial charge is 0.309 e. The number of nitrogens with one attached hydrogen (secondary N) is 2. The van der Waals surface area contributed by atoms with Gasteiger partial charge in [0.2, 0.25) is 10.0 Å². The maximum atomic E-state index is 13.2. The second-order valence-corrected chi connectivity index (χ2v) is 9.50. The molecule has 0 saturated carbocycles. The average molecular weight is 442 g/mol. The maximum Gasteiger partial charge on any atom is 0.309 e. The van der Waals surface area contributed by atoms with Crippen molar-refractivity contribution in [3.8, 4) is 0 Å². The third-order valence-electron chi connectivity index (χ3n) is 5.48. The van der Waals surface area contributed by atoms with Gasteiger partial charge < -0.3 is 15.4 Å². The summed E-state index contributed by atoms with van der Waals surface area (Å²) >= 11 is 0. The third-order valence-corrected chi connectivity index (χ3v) is 7.44. The molecular weight excluding hydrogens is 413 g/mol. The molecule has 30 heavy (non-hydrogen) atoms. The molecule has 3 rings (SSSR count). The lowest BCUT2D eigenvalue weighted by atomic mass is 10.0. The van der Waals surface area contributed by atoms with Gasteiger partial charge in [0.1, 0.15) is 5.82 Å². The zero-order valence-corrected chi connectivity index (χ0v) is 17.6. The summed E-state index contributed by atoms with van der Waals surface area (Å²) in [6.45, 7) is 1.54. The van der Waals surface area contributed by atoms with E-state index < -0.39 is 27.7 Å². The first-order valence-electron chi connectivity index (χ1n) is 10.3. The Bertz CT molecular complexity index is 841. The highest BCUT2D eigenvalue weighted by Crippen LogP contribution is 2.27. The fourth-order valence-electron chi connectivity index (χ4n) is 3.85. The van der Waals surface area contributed by atoms with Crippen molar-refractivity contribution >= 4 is 21.8 Å². The number of hydrogen-bond acceptors (Lipinski definition) is 5. The van der Waals surface area contributed by atoms with Crippen LogP contribution < -0.4 is 10.6 Å². The van der Waals surface area contributed by atoms with Crippen molar-refractivity contribution in [2.75, 3.05) is 26.2 Å². The molecule has 0 unspecified atom stereocenters. The minimum atomic E-state index is -3.75. The van der Waals surface area contributed by atoms with E-state index in [9.17, 15) is 22.4 Å². The molecule has 0 radical (unpaired) electrons. The second-order valence-electron chi connectivity index (χ2n) is 7.61. The molecule has 1 aromatic carbocycles. The van der Waals surface area contributed by atoms with Crippen LogP contribution in [0, 0.1) is 5.82 Å². The van der Waals surface area contributed by atoms with E-state index in [1.165, 1.54) is 16.4 Å². The minimum absolute atomic E-state index is 0.0470. The van der Waals surface area contributed by atoms with E-state index in [-0.39, 0.29) is 23.6 Å².